The van der Waals surface area contributed by atoms with Crippen molar-refractivity contribution in [3.8, 4) is 0 Å². The first kappa shape index (κ1) is 26.9. The van der Waals surface area contributed by atoms with Crippen molar-refractivity contribution >= 4 is 29.3 Å². The molecule has 8 nitrogen and oxygen atoms in total. The summed E-state index contributed by atoms with van der Waals surface area (Å²) in [5.41, 5.74) is 0.354. The molecule has 1 aromatic carbocycles. The van der Waals surface area contributed by atoms with E-state index in [1.807, 2.05) is 13.8 Å². The molecule has 0 bridgehead atoms. The number of likely N-dealkylation sites (tertiary alicyclic amines) is 1. The van der Waals surface area contributed by atoms with Crippen molar-refractivity contribution in [3.05, 3.63) is 63.6 Å². The molecule has 3 heterocycles. The fourth-order valence-corrected chi connectivity index (χ4v) is 5.22. The molecule has 198 valence electrons. The van der Waals surface area contributed by atoms with E-state index < -0.39 is 23.0 Å². The zero-order valence-corrected chi connectivity index (χ0v) is 21.9. The lowest BCUT2D eigenvalue weighted by molar-refractivity contribution is -0.154. The summed E-state index contributed by atoms with van der Waals surface area (Å²) >= 11 is 5.95. The molecule has 11 heteroatoms. The third-order valence-corrected chi connectivity index (χ3v) is 7.42. The van der Waals surface area contributed by atoms with E-state index >= 15 is 4.39 Å². The van der Waals surface area contributed by atoms with Gasteiger partial charge in [-0.2, -0.15) is 5.10 Å². The Kier molecular flexibility index (Phi) is 8.08. The second kappa shape index (κ2) is 11.1. The summed E-state index contributed by atoms with van der Waals surface area (Å²) in [5, 5.41) is 20.3. The van der Waals surface area contributed by atoms with Gasteiger partial charge >= 0.3 is 5.97 Å². The Morgan fingerprint density at radius 3 is 2.68 bits per heavy atom. The Morgan fingerprint density at radius 1 is 1.27 bits per heavy atom. The first-order valence-electron chi connectivity index (χ1n) is 12.4. The SMILES string of the molecule is CCc1nc(Nc2cc(C)[nH]n2)nc(C[C@@]2(C(=O)O)CCN(Cc3cccc(Cl)c3F)[C@H](CC)C2)c1F. The number of nitrogens with one attached hydrogen (secondary N) is 2. The Morgan fingerprint density at radius 2 is 2.03 bits per heavy atom. The van der Waals surface area contributed by atoms with E-state index in [0.29, 0.717) is 37.3 Å². The highest BCUT2D eigenvalue weighted by molar-refractivity contribution is 6.30. The minimum Gasteiger partial charge on any atom is -0.481 e. The third kappa shape index (κ3) is 5.75. The number of H-pyrrole nitrogens is 1. The van der Waals surface area contributed by atoms with Crippen molar-refractivity contribution in [1.29, 1.82) is 0 Å². The average molecular weight is 533 g/mol. The van der Waals surface area contributed by atoms with Crippen LogP contribution in [-0.2, 0) is 24.2 Å². The van der Waals surface area contributed by atoms with Crippen LogP contribution in [0.25, 0.3) is 0 Å². The highest BCUT2D eigenvalue weighted by Gasteiger charge is 2.46. The molecule has 1 aliphatic heterocycles. The molecule has 0 radical (unpaired) electrons. The predicted molar refractivity (Wildman–Crippen MR) is 137 cm³/mol. The number of carboxylic acids is 1. The van der Waals surface area contributed by atoms with Crippen molar-refractivity contribution in [3.63, 3.8) is 0 Å². The zero-order valence-electron chi connectivity index (χ0n) is 21.1. The second-order valence-electron chi connectivity index (χ2n) is 9.63. The fourth-order valence-electron chi connectivity index (χ4n) is 5.02. The molecule has 0 amide bonds. The molecule has 4 rings (SSSR count). The minimum absolute atomic E-state index is 0.0582. The fraction of sp³-hybridized carbons (Fsp3) is 0.462. The standard InChI is InChI=1S/C26H31ClF2N6O2/c1-4-17-12-26(24(36)37,9-10-35(17)14-16-7-6-8-18(27)22(16)28)13-20-23(29)19(5-2)30-25(31-20)32-21-11-15(3)33-34-21/h6-8,11,17H,4-5,9-10,12-14H2,1-3H3,(H,36,37)(H2,30,31,32,33,34)/t17-,26-/m1/s1. The molecule has 0 unspecified atom stereocenters. The molecular weight excluding hydrogens is 502 g/mol. The number of carboxylic acid groups (broad SMARTS) is 1. The molecule has 0 aliphatic carbocycles. The molecule has 1 saturated heterocycles. The van der Waals surface area contributed by atoms with Gasteiger partial charge in [0.15, 0.2) is 11.6 Å². The normalized spacial score (nSPS) is 20.2. The van der Waals surface area contributed by atoms with Gasteiger partial charge in [0.25, 0.3) is 0 Å². The van der Waals surface area contributed by atoms with Crippen LogP contribution in [0.4, 0.5) is 20.5 Å². The topological polar surface area (TPSA) is 107 Å². The zero-order chi connectivity index (χ0) is 26.7. The maximum atomic E-state index is 15.4. The number of anilines is 2. The van der Waals surface area contributed by atoms with Gasteiger partial charge in [0.05, 0.1) is 21.8 Å². The molecule has 1 aliphatic rings. The van der Waals surface area contributed by atoms with Crippen LogP contribution in [0, 0.1) is 24.0 Å². The highest BCUT2D eigenvalue weighted by Crippen LogP contribution is 2.40. The smallest absolute Gasteiger partial charge is 0.310 e. The quantitative estimate of drug-likeness (QED) is 0.337. The number of piperidine rings is 1. The summed E-state index contributed by atoms with van der Waals surface area (Å²) in [7, 11) is 0. The van der Waals surface area contributed by atoms with E-state index in [4.69, 9.17) is 11.6 Å². The first-order chi connectivity index (χ1) is 17.7. The number of carbonyl (C=O) groups is 1. The van der Waals surface area contributed by atoms with Gasteiger partial charge in [0, 0.05) is 36.3 Å². The first-order valence-corrected chi connectivity index (χ1v) is 12.8. The number of rotatable bonds is 9. The van der Waals surface area contributed by atoms with Crippen LogP contribution in [0.5, 0.6) is 0 Å². The lowest BCUT2D eigenvalue weighted by atomic mass is 9.71. The molecule has 3 N–H and O–H groups in total. The molecule has 0 spiro atoms. The van der Waals surface area contributed by atoms with Gasteiger partial charge in [-0.1, -0.05) is 37.6 Å². The number of halogens is 3. The summed E-state index contributed by atoms with van der Waals surface area (Å²) < 4.78 is 29.9. The second-order valence-corrected chi connectivity index (χ2v) is 10.0. The average Bonchev–Trinajstić information content (AvgIpc) is 3.28. The van der Waals surface area contributed by atoms with Crippen molar-refractivity contribution < 1.29 is 18.7 Å². The van der Waals surface area contributed by atoms with E-state index in [-0.39, 0.29) is 47.7 Å². The molecular formula is C26H31ClF2N6O2. The summed E-state index contributed by atoms with van der Waals surface area (Å²) in [5.74, 6) is -1.38. The molecule has 0 saturated carbocycles. The van der Waals surface area contributed by atoms with Gasteiger partial charge in [-0.05, 0) is 45.2 Å². The summed E-state index contributed by atoms with van der Waals surface area (Å²) in [4.78, 5) is 23.4. The maximum absolute atomic E-state index is 15.4. The van der Waals surface area contributed by atoms with Crippen LogP contribution in [0.3, 0.4) is 0 Å². The number of aromatic amines is 1. The monoisotopic (exact) mass is 532 g/mol. The minimum atomic E-state index is -1.22. The highest BCUT2D eigenvalue weighted by atomic mass is 35.5. The Bertz CT molecular complexity index is 1290. The summed E-state index contributed by atoms with van der Waals surface area (Å²) in [6, 6.07) is 6.52. The van der Waals surface area contributed by atoms with Gasteiger partial charge in [-0.15, -0.1) is 0 Å². The number of aliphatic carboxylic acids is 1. The van der Waals surface area contributed by atoms with Gasteiger partial charge < -0.3 is 10.4 Å². The Labute approximate surface area is 219 Å². The van der Waals surface area contributed by atoms with E-state index in [0.717, 1.165) is 5.69 Å². The van der Waals surface area contributed by atoms with Crippen LogP contribution >= 0.6 is 11.6 Å². The van der Waals surface area contributed by atoms with Crippen LogP contribution in [0.1, 0.15) is 55.8 Å². The van der Waals surface area contributed by atoms with Crippen molar-refractivity contribution in [2.45, 2.75) is 65.5 Å². The number of aryl methyl sites for hydroxylation is 2. The van der Waals surface area contributed by atoms with Crippen LogP contribution in [-0.4, -0.2) is 48.7 Å². The number of benzene rings is 1. The van der Waals surface area contributed by atoms with Crippen molar-refractivity contribution in [2.75, 3.05) is 11.9 Å². The van der Waals surface area contributed by atoms with E-state index in [1.54, 1.807) is 25.1 Å². The van der Waals surface area contributed by atoms with Crippen LogP contribution < -0.4 is 5.32 Å². The number of nitrogens with zero attached hydrogens (tertiary/aromatic N) is 4. The van der Waals surface area contributed by atoms with Crippen molar-refractivity contribution in [1.82, 2.24) is 25.1 Å². The number of hydrogen-bond acceptors (Lipinski definition) is 6. The van der Waals surface area contributed by atoms with Crippen LogP contribution in [0.15, 0.2) is 24.3 Å². The molecule has 1 fully saturated rings. The van der Waals surface area contributed by atoms with Gasteiger partial charge in [0.2, 0.25) is 5.95 Å². The molecule has 3 aromatic rings. The lowest BCUT2D eigenvalue weighted by Gasteiger charge is -2.44. The molecule has 37 heavy (non-hydrogen) atoms. The van der Waals surface area contributed by atoms with Gasteiger partial charge in [-0.3, -0.25) is 14.8 Å². The Balaban J connectivity index is 1.60. The number of hydrogen-bond donors (Lipinski definition) is 3. The van der Waals surface area contributed by atoms with Gasteiger partial charge in [0.1, 0.15) is 5.82 Å². The molecule has 2 atom stereocenters. The van der Waals surface area contributed by atoms with Crippen molar-refractivity contribution in [2.24, 2.45) is 5.41 Å². The predicted octanol–water partition coefficient (Wildman–Crippen LogP) is 5.43. The van der Waals surface area contributed by atoms with E-state index in [1.165, 1.54) is 6.07 Å². The molecule has 2 aromatic heterocycles. The summed E-state index contributed by atoms with van der Waals surface area (Å²) in [6.07, 6.45) is 1.47. The van der Waals surface area contributed by atoms with Crippen LogP contribution in [0.2, 0.25) is 5.02 Å². The van der Waals surface area contributed by atoms with Gasteiger partial charge in [-0.25, -0.2) is 18.7 Å². The van der Waals surface area contributed by atoms with E-state index in [2.05, 4.69) is 30.4 Å². The van der Waals surface area contributed by atoms with E-state index in [9.17, 15) is 14.3 Å². The summed E-state index contributed by atoms with van der Waals surface area (Å²) in [6.45, 7) is 6.34. The number of aromatic nitrogens is 4. The Hall–Kier alpha value is -3.11. The lowest BCUT2D eigenvalue weighted by Crippen LogP contribution is -2.50. The maximum Gasteiger partial charge on any atom is 0.310 e. The third-order valence-electron chi connectivity index (χ3n) is 7.13. The largest absolute Gasteiger partial charge is 0.481 e.